The van der Waals surface area contributed by atoms with E-state index in [9.17, 15) is 9.59 Å². The Morgan fingerprint density at radius 3 is 2.91 bits per heavy atom. The van der Waals surface area contributed by atoms with Gasteiger partial charge in [0, 0.05) is 18.3 Å². The average Bonchev–Trinajstić information content (AvgIpc) is 3.12. The second-order valence-electron chi connectivity index (χ2n) is 4.21. The Labute approximate surface area is 140 Å². The lowest BCUT2D eigenvalue weighted by atomic mass is 10.3. The largest absolute Gasteiger partial charge is 0.453 e. The minimum Gasteiger partial charge on any atom is -0.453 e. The highest BCUT2D eigenvalue weighted by Gasteiger charge is 2.09. The molecular formula is C13H14ClN3O3S2. The maximum absolute atomic E-state index is 11.8. The van der Waals surface area contributed by atoms with Crippen LogP contribution < -0.4 is 10.6 Å². The molecule has 9 heteroatoms. The summed E-state index contributed by atoms with van der Waals surface area (Å²) in [4.78, 5) is 27.9. The first-order chi connectivity index (χ1) is 10.6. The van der Waals surface area contributed by atoms with Crippen molar-refractivity contribution >= 4 is 51.4 Å². The zero-order valence-corrected chi connectivity index (χ0v) is 14.1. The predicted molar refractivity (Wildman–Crippen MR) is 88.7 cm³/mol. The van der Waals surface area contributed by atoms with Crippen LogP contribution in [-0.2, 0) is 9.53 Å². The number of halogens is 1. The number of alkyl carbamates (subject to hydrolysis) is 1. The molecule has 0 aromatic carbocycles. The Hall–Kier alpha value is -1.64. The van der Waals surface area contributed by atoms with Gasteiger partial charge in [-0.3, -0.25) is 4.79 Å². The van der Waals surface area contributed by atoms with E-state index in [0.29, 0.717) is 28.9 Å². The third-order valence-electron chi connectivity index (χ3n) is 2.61. The summed E-state index contributed by atoms with van der Waals surface area (Å²) in [6.07, 6.45) is 0.322. The maximum Gasteiger partial charge on any atom is 0.406 e. The van der Waals surface area contributed by atoms with Gasteiger partial charge in [-0.2, -0.15) is 0 Å². The molecule has 0 unspecified atom stereocenters. The Balaban J connectivity index is 1.78. The predicted octanol–water partition coefficient (Wildman–Crippen LogP) is 3.60. The van der Waals surface area contributed by atoms with E-state index >= 15 is 0 Å². The summed E-state index contributed by atoms with van der Waals surface area (Å²) in [5.74, 6) is -0.142. The van der Waals surface area contributed by atoms with Gasteiger partial charge in [0.2, 0.25) is 5.91 Å². The quantitative estimate of drug-likeness (QED) is 0.772. The van der Waals surface area contributed by atoms with Crippen LogP contribution in [0.25, 0.3) is 10.6 Å². The van der Waals surface area contributed by atoms with Crippen molar-refractivity contribution in [3.05, 3.63) is 21.8 Å². The number of nitrogens with one attached hydrogen (secondary N) is 2. The van der Waals surface area contributed by atoms with Gasteiger partial charge < -0.3 is 15.4 Å². The number of anilines is 1. The van der Waals surface area contributed by atoms with E-state index in [-0.39, 0.29) is 5.91 Å². The molecular weight excluding hydrogens is 346 g/mol. The van der Waals surface area contributed by atoms with E-state index in [4.69, 9.17) is 11.6 Å². The van der Waals surface area contributed by atoms with Crippen LogP contribution in [0, 0.1) is 0 Å². The fraction of sp³-hybridized carbons (Fsp3) is 0.308. The number of rotatable bonds is 6. The van der Waals surface area contributed by atoms with Gasteiger partial charge in [-0.1, -0.05) is 11.6 Å². The summed E-state index contributed by atoms with van der Waals surface area (Å²) < 4.78 is 5.13. The summed E-state index contributed by atoms with van der Waals surface area (Å²) in [6.45, 7) is 0.386. The lowest BCUT2D eigenvalue weighted by Gasteiger charge is -2.03. The summed E-state index contributed by atoms with van der Waals surface area (Å²) in [7, 11) is 1.29. The molecule has 2 aromatic heterocycles. The van der Waals surface area contributed by atoms with Crippen molar-refractivity contribution in [1.29, 1.82) is 0 Å². The van der Waals surface area contributed by atoms with E-state index in [0.717, 1.165) is 10.6 Å². The van der Waals surface area contributed by atoms with Gasteiger partial charge in [-0.25, -0.2) is 9.78 Å². The highest BCUT2D eigenvalue weighted by Crippen LogP contribution is 2.32. The fourth-order valence-corrected chi connectivity index (χ4v) is 3.39. The van der Waals surface area contributed by atoms with Crippen LogP contribution in [-0.4, -0.2) is 30.6 Å². The van der Waals surface area contributed by atoms with Crippen molar-refractivity contribution in [2.75, 3.05) is 19.0 Å². The van der Waals surface area contributed by atoms with Crippen molar-refractivity contribution in [3.63, 3.8) is 0 Å². The molecule has 0 fully saturated rings. The molecule has 118 valence electrons. The van der Waals surface area contributed by atoms with Gasteiger partial charge >= 0.3 is 6.09 Å². The van der Waals surface area contributed by atoms with Crippen molar-refractivity contribution in [3.8, 4) is 10.6 Å². The van der Waals surface area contributed by atoms with Crippen LogP contribution in [0.1, 0.15) is 12.8 Å². The zero-order chi connectivity index (χ0) is 15.9. The number of thiazole rings is 1. The number of aromatic nitrogens is 1. The lowest BCUT2D eigenvalue weighted by molar-refractivity contribution is -0.116. The monoisotopic (exact) mass is 359 g/mol. The van der Waals surface area contributed by atoms with Crippen LogP contribution in [0.2, 0.25) is 4.34 Å². The van der Waals surface area contributed by atoms with Gasteiger partial charge in [0.15, 0.2) is 5.13 Å². The molecule has 0 saturated heterocycles. The smallest absolute Gasteiger partial charge is 0.406 e. The molecule has 0 spiro atoms. The second kappa shape index (κ2) is 8.11. The third kappa shape index (κ3) is 4.97. The van der Waals surface area contributed by atoms with E-state index in [1.54, 1.807) is 0 Å². The Morgan fingerprint density at radius 1 is 1.41 bits per heavy atom. The molecule has 0 aliphatic carbocycles. The summed E-state index contributed by atoms with van der Waals surface area (Å²) in [6, 6.07) is 3.71. The van der Waals surface area contributed by atoms with Crippen molar-refractivity contribution in [1.82, 2.24) is 10.3 Å². The van der Waals surface area contributed by atoms with Crippen LogP contribution in [0.15, 0.2) is 17.5 Å². The molecule has 0 aliphatic heterocycles. The number of thiophene rings is 1. The number of hydrogen-bond acceptors (Lipinski definition) is 6. The van der Waals surface area contributed by atoms with Crippen molar-refractivity contribution in [2.45, 2.75) is 12.8 Å². The molecule has 2 heterocycles. The number of methoxy groups -OCH3 is 1. The number of carbonyl (C=O) groups excluding carboxylic acids is 2. The first-order valence-electron chi connectivity index (χ1n) is 6.41. The fourth-order valence-electron chi connectivity index (χ4n) is 1.59. The first-order valence-corrected chi connectivity index (χ1v) is 8.49. The summed E-state index contributed by atoms with van der Waals surface area (Å²) in [5.41, 5.74) is 0.796. The highest BCUT2D eigenvalue weighted by molar-refractivity contribution is 7.20. The minimum atomic E-state index is -0.500. The molecule has 0 saturated carbocycles. The molecule has 2 rings (SSSR count). The third-order valence-corrected chi connectivity index (χ3v) is 4.62. The summed E-state index contributed by atoms with van der Waals surface area (Å²) >= 11 is 8.69. The number of nitrogens with zero attached hydrogens (tertiary/aromatic N) is 1. The van der Waals surface area contributed by atoms with Crippen LogP contribution >= 0.6 is 34.3 Å². The first kappa shape index (κ1) is 16.7. The number of ether oxygens (including phenoxy) is 1. The van der Waals surface area contributed by atoms with E-state index in [2.05, 4.69) is 20.4 Å². The van der Waals surface area contributed by atoms with Gasteiger partial charge in [0.05, 0.1) is 22.0 Å². The standard InChI is InChI=1S/C13H14ClN3O3S2/c1-20-13(19)15-6-2-3-11(18)17-12-16-8(7-21-12)9-4-5-10(14)22-9/h4-5,7H,2-3,6H2,1H3,(H,15,19)(H,16,17,18). The molecule has 0 radical (unpaired) electrons. The molecule has 0 aliphatic rings. The Bertz CT molecular complexity index is 657. The van der Waals surface area contributed by atoms with Gasteiger partial charge in [0.1, 0.15) is 0 Å². The normalized spacial score (nSPS) is 10.3. The maximum atomic E-state index is 11.8. The van der Waals surface area contributed by atoms with Crippen LogP contribution in [0.3, 0.4) is 0 Å². The van der Waals surface area contributed by atoms with Gasteiger partial charge in [-0.05, 0) is 18.6 Å². The Morgan fingerprint density at radius 2 is 2.23 bits per heavy atom. The van der Waals surface area contributed by atoms with E-state index < -0.39 is 6.09 Å². The van der Waals surface area contributed by atoms with E-state index in [1.807, 2.05) is 17.5 Å². The number of hydrogen-bond donors (Lipinski definition) is 2. The minimum absolute atomic E-state index is 0.142. The molecule has 6 nitrogen and oxygen atoms in total. The SMILES string of the molecule is COC(=O)NCCCC(=O)Nc1nc(-c2ccc(Cl)s2)cs1. The molecule has 0 bridgehead atoms. The van der Waals surface area contributed by atoms with Gasteiger partial charge in [-0.15, -0.1) is 22.7 Å². The van der Waals surface area contributed by atoms with Crippen LogP contribution in [0.4, 0.5) is 9.93 Å². The molecule has 2 aromatic rings. The average molecular weight is 360 g/mol. The molecule has 0 atom stereocenters. The van der Waals surface area contributed by atoms with Crippen molar-refractivity contribution in [2.24, 2.45) is 0 Å². The summed E-state index contributed by atoms with van der Waals surface area (Å²) in [5, 5.41) is 7.67. The van der Waals surface area contributed by atoms with E-state index in [1.165, 1.54) is 29.8 Å². The molecule has 2 N–H and O–H groups in total. The topological polar surface area (TPSA) is 80.3 Å². The Kier molecular flexibility index (Phi) is 6.17. The van der Waals surface area contributed by atoms with Crippen LogP contribution in [0.5, 0.6) is 0 Å². The van der Waals surface area contributed by atoms with Gasteiger partial charge in [0.25, 0.3) is 0 Å². The molecule has 2 amide bonds. The molecule has 22 heavy (non-hydrogen) atoms. The second-order valence-corrected chi connectivity index (χ2v) is 6.78. The highest BCUT2D eigenvalue weighted by atomic mass is 35.5. The van der Waals surface area contributed by atoms with Crippen molar-refractivity contribution < 1.29 is 14.3 Å². The zero-order valence-electron chi connectivity index (χ0n) is 11.7. The number of carbonyl (C=O) groups is 2. The lowest BCUT2D eigenvalue weighted by Crippen LogP contribution is -2.25. The number of amides is 2.